The van der Waals surface area contributed by atoms with Crippen LogP contribution < -0.4 is 5.32 Å². The Bertz CT molecular complexity index is 799. The third-order valence-corrected chi connectivity index (χ3v) is 5.13. The summed E-state index contributed by atoms with van der Waals surface area (Å²) in [6.45, 7) is 9.04. The van der Waals surface area contributed by atoms with Gasteiger partial charge in [0.05, 0.1) is 5.92 Å². The molecule has 1 saturated carbocycles. The quantitative estimate of drug-likeness (QED) is 0.794. The number of aromatic nitrogens is 1. The molecule has 1 aliphatic carbocycles. The lowest BCUT2D eigenvalue weighted by atomic mass is 10.1. The Morgan fingerprint density at radius 2 is 2.12 bits per heavy atom. The van der Waals surface area contributed by atoms with Gasteiger partial charge in [0, 0.05) is 23.6 Å². The van der Waals surface area contributed by atoms with Crippen molar-refractivity contribution in [3.63, 3.8) is 0 Å². The molecule has 3 rings (SSSR count). The molecule has 1 aromatic carbocycles. The molecule has 0 saturated heterocycles. The Hall–Kier alpha value is -2.10. The first-order valence-electron chi connectivity index (χ1n) is 8.49. The van der Waals surface area contributed by atoms with Crippen molar-refractivity contribution in [2.75, 3.05) is 6.54 Å². The van der Waals surface area contributed by atoms with Gasteiger partial charge in [-0.25, -0.2) is 4.39 Å². The minimum atomic E-state index is -0.245. The van der Waals surface area contributed by atoms with Crippen molar-refractivity contribution in [2.45, 2.75) is 34.1 Å². The van der Waals surface area contributed by atoms with Crippen LogP contribution in [0.2, 0.25) is 0 Å². The van der Waals surface area contributed by atoms with E-state index >= 15 is 0 Å². The molecule has 2 aromatic rings. The van der Waals surface area contributed by atoms with Crippen LogP contribution >= 0.6 is 0 Å². The van der Waals surface area contributed by atoms with Gasteiger partial charge in [0.2, 0.25) is 5.91 Å². The van der Waals surface area contributed by atoms with Gasteiger partial charge in [-0.1, -0.05) is 25.5 Å². The standard InChI is InChI=1S/C20H25FN2O/c1-12(2)9-16-18(20(16,3)4)19(24)22-8-7-13-11-23-17-10-14(21)5-6-15(13)17/h5-6,9-11,16,18,23H,7-8H2,1-4H3,(H,22,24). The first-order valence-corrected chi connectivity index (χ1v) is 8.49. The van der Waals surface area contributed by atoms with Crippen LogP contribution in [0.5, 0.6) is 0 Å². The van der Waals surface area contributed by atoms with Crippen LogP contribution in [-0.2, 0) is 11.2 Å². The van der Waals surface area contributed by atoms with Crippen molar-refractivity contribution in [3.05, 3.63) is 47.4 Å². The fourth-order valence-electron chi connectivity index (χ4n) is 3.64. The van der Waals surface area contributed by atoms with Crippen molar-refractivity contribution in [1.82, 2.24) is 10.3 Å². The van der Waals surface area contributed by atoms with Gasteiger partial charge < -0.3 is 10.3 Å². The minimum absolute atomic E-state index is 0.0413. The molecule has 1 heterocycles. The number of benzene rings is 1. The van der Waals surface area contributed by atoms with E-state index in [1.165, 1.54) is 17.7 Å². The summed E-state index contributed by atoms with van der Waals surface area (Å²) in [6.07, 6.45) is 4.83. The lowest BCUT2D eigenvalue weighted by molar-refractivity contribution is -0.123. The molecule has 0 aliphatic heterocycles. The third-order valence-electron chi connectivity index (χ3n) is 5.13. The van der Waals surface area contributed by atoms with Crippen LogP contribution in [0, 0.1) is 23.1 Å². The van der Waals surface area contributed by atoms with Crippen LogP contribution in [0.15, 0.2) is 36.0 Å². The molecular weight excluding hydrogens is 303 g/mol. The molecule has 2 N–H and O–H groups in total. The number of allylic oxidation sites excluding steroid dienone is 2. The van der Waals surface area contributed by atoms with Gasteiger partial charge in [-0.3, -0.25) is 4.79 Å². The maximum Gasteiger partial charge on any atom is 0.224 e. The smallest absolute Gasteiger partial charge is 0.224 e. The van der Waals surface area contributed by atoms with Crippen LogP contribution in [0.3, 0.4) is 0 Å². The second-order valence-electron chi connectivity index (χ2n) is 7.61. The molecule has 1 aromatic heterocycles. The van der Waals surface area contributed by atoms with Crippen molar-refractivity contribution < 1.29 is 9.18 Å². The number of hydrogen-bond acceptors (Lipinski definition) is 1. The van der Waals surface area contributed by atoms with E-state index in [9.17, 15) is 9.18 Å². The van der Waals surface area contributed by atoms with E-state index in [0.29, 0.717) is 12.5 Å². The number of halogens is 1. The average Bonchev–Trinajstić information content (AvgIpc) is 2.84. The van der Waals surface area contributed by atoms with E-state index in [-0.39, 0.29) is 23.1 Å². The van der Waals surface area contributed by atoms with Crippen molar-refractivity contribution >= 4 is 16.8 Å². The van der Waals surface area contributed by atoms with Gasteiger partial charge in [-0.05, 0) is 55.4 Å². The van der Waals surface area contributed by atoms with Gasteiger partial charge >= 0.3 is 0 Å². The molecule has 24 heavy (non-hydrogen) atoms. The molecule has 3 nitrogen and oxygen atoms in total. The Morgan fingerprint density at radius 1 is 1.38 bits per heavy atom. The lowest BCUT2D eigenvalue weighted by Gasteiger charge is -2.06. The Morgan fingerprint density at radius 3 is 2.83 bits per heavy atom. The number of fused-ring (bicyclic) bond motifs is 1. The molecular formula is C20H25FN2O. The average molecular weight is 328 g/mol. The molecule has 1 aliphatic rings. The molecule has 1 amide bonds. The number of amides is 1. The van der Waals surface area contributed by atoms with Crippen LogP contribution in [0.4, 0.5) is 4.39 Å². The molecule has 4 heteroatoms. The molecule has 1 fully saturated rings. The minimum Gasteiger partial charge on any atom is -0.361 e. The Kier molecular flexibility index (Phi) is 4.24. The summed E-state index contributed by atoms with van der Waals surface area (Å²) in [5.74, 6) is 0.280. The van der Waals surface area contributed by atoms with E-state index < -0.39 is 0 Å². The molecule has 2 unspecified atom stereocenters. The van der Waals surface area contributed by atoms with Gasteiger partial charge in [-0.2, -0.15) is 0 Å². The summed E-state index contributed by atoms with van der Waals surface area (Å²) in [5, 5.41) is 4.08. The first-order chi connectivity index (χ1) is 11.3. The van der Waals surface area contributed by atoms with Crippen LogP contribution in [0.25, 0.3) is 10.9 Å². The number of carbonyl (C=O) groups excluding carboxylic acids is 1. The Labute approximate surface area is 142 Å². The van der Waals surface area contributed by atoms with E-state index in [1.807, 2.05) is 6.20 Å². The molecule has 128 valence electrons. The lowest BCUT2D eigenvalue weighted by Crippen LogP contribution is -2.28. The molecule has 0 radical (unpaired) electrons. The van der Waals surface area contributed by atoms with Crippen molar-refractivity contribution in [2.24, 2.45) is 17.3 Å². The summed E-state index contributed by atoms with van der Waals surface area (Å²) in [7, 11) is 0. The maximum absolute atomic E-state index is 13.2. The fraction of sp³-hybridized carbons (Fsp3) is 0.450. The predicted octanol–water partition coefficient (Wildman–Crippen LogP) is 4.20. The highest BCUT2D eigenvalue weighted by molar-refractivity contribution is 5.84. The van der Waals surface area contributed by atoms with Gasteiger partial charge in [0.1, 0.15) is 5.82 Å². The van der Waals surface area contributed by atoms with E-state index in [0.717, 1.165) is 22.9 Å². The zero-order valence-corrected chi connectivity index (χ0v) is 14.7. The van der Waals surface area contributed by atoms with Crippen molar-refractivity contribution in [3.8, 4) is 0 Å². The topological polar surface area (TPSA) is 44.9 Å². The largest absolute Gasteiger partial charge is 0.361 e. The first kappa shape index (κ1) is 16.7. The predicted molar refractivity (Wildman–Crippen MR) is 95.2 cm³/mol. The highest BCUT2D eigenvalue weighted by atomic mass is 19.1. The van der Waals surface area contributed by atoms with E-state index in [1.54, 1.807) is 6.07 Å². The number of rotatable bonds is 5. The van der Waals surface area contributed by atoms with Gasteiger partial charge in [0.15, 0.2) is 0 Å². The summed E-state index contributed by atoms with van der Waals surface area (Å²) in [4.78, 5) is 15.5. The van der Waals surface area contributed by atoms with Gasteiger partial charge in [0.25, 0.3) is 0 Å². The third kappa shape index (κ3) is 3.10. The summed E-state index contributed by atoms with van der Waals surface area (Å²) in [5.41, 5.74) is 3.19. The van der Waals surface area contributed by atoms with Gasteiger partial charge in [-0.15, -0.1) is 0 Å². The highest BCUT2D eigenvalue weighted by Gasteiger charge is 2.60. The Balaban J connectivity index is 1.58. The summed E-state index contributed by atoms with van der Waals surface area (Å²) < 4.78 is 13.2. The second-order valence-corrected chi connectivity index (χ2v) is 7.61. The highest BCUT2D eigenvalue weighted by Crippen LogP contribution is 2.59. The second kappa shape index (κ2) is 6.08. The fourth-order valence-corrected chi connectivity index (χ4v) is 3.64. The monoisotopic (exact) mass is 328 g/mol. The normalized spacial score (nSPS) is 21.5. The number of carbonyl (C=O) groups is 1. The zero-order valence-electron chi connectivity index (χ0n) is 14.7. The molecule has 0 spiro atoms. The maximum atomic E-state index is 13.2. The van der Waals surface area contributed by atoms with Crippen LogP contribution in [0.1, 0.15) is 33.3 Å². The SMILES string of the molecule is CC(C)=CC1C(C(=O)NCCc2c[nH]c3cc(F)ccc23)C1(C)C. The number of hydrogen-bond donors (Lipinski definition) is 2. The number of H-pyrrole nitrogens is 1. The molecule has 0 bridgehead atoms. The number of aromatic amines is 1. The number of nitrogens with one attached hydrogen (secondary N) is 2. The molecule has 2 atom stereocenters. The van der Waals surface area contributed by atoms with E-state index in [4.69, 9.17) is 0 Å². The summed E-state index contributed by atoms with van der Waals surface area (Å²) >= 11 is 0. The van der Waals surface area contributed by atoms with E-state index in [2.05, 4.69) is 44.1 Å². The van der Waals surface area contributed by atoms with Crippen LogP contribution in [-0.4, -0.2) is 17.4 Å². The zero-order chi connectivity index (χ0) is 17.5. The summed E-state index contributed by atoms with van der Waals surface area (Å²) in [6, 6.07) is 4.75. The van der Waals surface area contributed by atoms with Crippen molar-refractivity contribution in [1.29, 1.82) is 0 Å².